The molecular formula is C19H20ClFN4. The van der Waals surface area contributed by atoms with Crippen LogP contribution in [0.25, 0.3) is 5.57 Å². The van der Waals surface area contributed by atoms with Crippen LogP contribution in [0.2, 0.25) is 5.02 Å². The number of rotatable bonds is 3. The molecule has 1 fully saturated rings. The maximum Gasteiger partial charge on any atom is 0.223 e. The van der Waals surface area contributed by atoms with Crippen LogP contribution in [-0.2, 0) is 6.42 Å². The lowest BCUT2D eigenvalue weighted by molar-refractivity contribution is 0.220. The summed E-state index contributed by atoms with van der Waals surface area (Å²) in [5.41, 5.74) is 10.1. The van der Waals surface area contributed by atoms with Crippen molar-refractivity contribution in [2.45, 2.75) is 43.9 Å². The minimum absolute atomic E-state index is 0.0578. The number of aromatic nitrogens is 2. The highest BCUT2D eigenvalue weighted by Crippen LogP contribution is 2.35. The van der Waals surface area contributed by atoms with Crippen LogP contribution < -0.4 is 11.1 Å². The van der Waals surface area contributed by atoms with E-state index in [0.29, 0.717) is 35.9 Å². The van der Waals surface area contributed by atoms with Crippen LogP contribution in [0.4, 0.5) is 10.3 Å². The average molecular weight is 359 g/mol. The van der Waals surface area contributed by atoms with E-state index in [4.69, 9.17) is 17.3 Å². The van der Waals surface area contributed by atoms with Gasteiger partial charge in [0.15, 0.2) is 0 Å². The van der Waals surface area contributed by atoms with Crippen LogP contribution in [0.1, 0.15) is 36.1 Å². The molecule has 1 saturated carbocycles. The number of hydrogen-bond donors (Lipinski definition) is 2. The van der Waals surface area contributed by atoms with E-state index in [2.05, 4.69) is 33.5 Å². The van der Waals surface area contributed by atoms with Gasteiger partial charge < -0.3 is 11.1 Å². The molecule has 1 aromatic heterocycles. The zero-order valence-electron chi connectivity index (χ0n) is 13.8. The quantitative estimate of drug-likeness (QED) is 0.877. The molecule has 0 amide bonds. The van der Waals surface area contributed by atoms with Crippen LogP contribution in [0, 0.1) is 0 Å². The molecule has 130 valence electrons. The van der Waals surface area contributed by atoms with E-state index in [9.17, 15) is 4.39 Å². The van der Waals surface area contributed by atoms with Crippen molar-refractivity contribution >= 4 is 23.1 Å². The van der Waals surface area contributed by atoms with Gasteiger partial charge in [-0.2, -0.15) is 0 Å². The second kappa shape index (κ2) is 6.73. The largest absolute Gasteiger partial charge is 0.351 e. The second-order valence-electron chi connectivity index (χ2n) is 6.77. The summed E-state index contributed by atoms with van der Waals surface area (Å²) in [4.78, 5) is 8.88. The van der Waals surface area contributed by atoms with Crippen molar-refractivity contribution in [3.05, 3.63) is 58.4 Å². The fourth-order valence-electron chi connectivity index (χ4n) is 3.72. The van der Waals surface area contributed by atoms with Crippen molar-refractivity contribution < 1.29 is 4.39 Å². The molecule has 0 aliphatic heterocycles. The molecule has 4 rings (SSSR count). The lowest BCUT2D eigenvalue weighted by atomic mass is 9.90. The SMILES string of the molecule is NC1CC(F)CC(Nc2ncc(Cl)c(C3=CCc4ccccc43)n2)C1. The number of halogens is 2. The van der Waals surface area contributed by atoms with Crippen LogP contribution in [-0.4, -0.2) is 28.2 Å². The number of nitrogens with two attached hydrogens (primary N) is 1. The topological polar surface area (TPSA) is 63.8 Å². The third-order valence-electron chi connectivity index (χ3n) is 4.85. The van der Waals surface area contributed by atoms with Gasteiger partial charge in [-0.15, -0.1) is 0 Å². The predicted molar refractivity (Wildman–Crippen MR) is 98.4 cm³/mol. The zero-order valence-corrected chi connectivity index (χ0v) is 14.5. The van der Waals surface area contributed by atoms with Crippen molar-refractivity contribution in [3.8, 4) is 0 Å². The Labute approximate surface area is 151 Å². The van der Waals surface area contributed by atoms with Gasteiger partial charge in [-0.25, -0.2) is 14.4 Å². The molecule has 0 saturated heterocycles. The first-order chi connectivity index (χ1) is 12.1. The molecule has 1 heterocycles. The van der Waals surface area contributed by atoms with Gasteiger partial charge in [0.1, 0.15) is 6.17 Å². The molecule has 4 nitrogen and oxygen atoms in total. The number of nitrogens with one attached hydrogen (secondary N) is 1. The predicted octanol–water partition coefficient (Wildman–Crippen LogP) is 3.75. The minimum atomic E-state index is -0.877. The van der Waals surface area contributed by atoms with Crippen LogP contribution in [0.15, 0.2) is 36.5 Å². The van der Waals surface area contributed by atoms with Crippen LogP contribution >= 0.6 is 11.6 Å². The normalized spacial score (nSPS) is 25.4. The Bertz CT molecular complexity index is 813. The molecule has 25 heavy (non-hydrogen) atoms. The van der Waals surface area contributed by atoms with Crippen LogP contribution in [0.5, 0.6) is 0 Å². The summed E-state index contributed by atoms with van der Waals surface area (Å²) in [5, 5.41) is 3.74. The molecule has 3 atom stereocenters. The second-order valence-corrected chi connectivity index (χ2v) is 7.18. The molecule has 0 radical (unpaired) electrons. The van der Waals surface area contributed by atoms with Crippen molar-refractivity contribution in [2.75, 3.05) is 5.32 Å². The number of hydrogen-bond acceptors (Lipinski definition) is 4. The Morgan fingerprint density at radius 3 is 2.88 bits per heavy atom. The number of benzene rings is 1. The number of alkyl halides is 1. The third-order valence-corrected chi connectivity index (χ3v) is 5.13. The van der Waals surface area contributed by atoms with E-state index in [0.717, 1.165) is 17.6 Å². The van der Waals surface area contributed by atoms with E-state index >= 15 is 0 Å². The minimum Gasteiger partial charge on any atom is -0.351 e. The molecule has 0 bridgehead atoms. The molecule has 2 aliphatic rings. The summed E-state index contributed by atoms with van der Waals surface area (Å²) in [5.74, 6) is 0.469. The van der Waals surface area contributed by atoms with Crippen LogP contribution in [0.3, 0.4) is 0 Å². The number of nitrogens with zero attached hydrogens (tertiary/aromatic N) is 2. The molecular weight excluding hydrogens is 339 g/mol. The van der Waals surface area contributed by atoms with Crippen molar-refractivity contribution in [3.63, 3.8) is 0 Å². The lowest BCUT2D eigenvalue weighted by Gasteiger charge is -2.29. The van der Waals surface area contributed by atoms with Crippen molar-refractivity contribution in [1.29, 1.82) is 0 Å². The fourth-order valence-corrected chi connectivity index (χ4v) is 3.92. The number of fused-ring (bicyclic) bond motifs is 1. The Morgan fingerprint density at radius 1 is 1.20 bits per heavy atom. The lowest BCUT2D eigenvalue weighted by Crippen LogP contribution is -2.40. The van der Waals surface area contributed by atoms with E-state index in [1.54, 1.807) is 6.20 Å². The van der Waals surface area contributed by atoms with E-state index < -0.39 is 6.17 Å². The zero-order chi connectivity index (χ0) is 17.4. The third kappa shape index (κ3) is 3.39. The maximum absolute atomic E-state index is 13.8. The average Bonchev–Trinajstić information content (AvgIpc) is 3.00. The smallest absolute Gasteiger partial charge is 0.223 e. The summed E-state index contributed by atoms with van der Waals surface area (Å²) in [6.07, 6.45) is 5.30. The van der Waals surface area contributed by atoms with Gasteiger partial charge in [0.05, 0.1) is 16.9 Å². The first-order valence-electron chi connectivity index (χ1n) is 8.57. The highest BCUT2D eigenvalue weighted by Gasteiger charge is 2.27. The van der Waals surface area contributed by atoms with E-state index in [1.165, 1.54) is 5.56 Å². The van der Waals surface area contributed by atoms with Gasteiger partial charge >= 0.3 is 0 Å². The molecule has 2 aliphatic carbocycles. The number of allylic oxidation sites excluding steroid dienone is 1. The van der Waals surface area contributed by atoms with Gasteiger partial charge in [-0.05, 0) is 36.8 Å². The summed E-state index contributed by atoms with van der Waals surface area (Å²) >= 11 is 6.36. The first-order valence-corrected chi connectivity index (χ1v) is 8.95. The van der Waals surface area contributed by atoms with E-state index in [1.807, 2.05) is 12.1 Å². The Hall–Kier alpha value is -1.98. The van der Waals surface area contributed by atoms with Gasteiger partial charge in [0.25, 0.3) is 0 Å². The monoisotopic (exact) mass is 358 g/mol. The summed E-state index contributed by atoms with van der Waals surface area (Å²) in [6, 6.07) is 8.04. The van der Waals surface area contributed by atoms with Gasteiger partial charge in [-0.1, -0.05) is 41.9 Å². The first kappa shape index (κ1) is 16.5. The molecule has 1 aromatic carbocycles. The summed E-state index contributed by atoms with van der Waals surface area (Å²) < 4.78 is 13.8. The van der Waals surface area contributed by atoms with Gasteiger partial charge in [-0.3, -0.25) is 0 Å². The molecule has 2 aromatic rings. The highest BCUT2D eigenvalue weighted by molar-refractivity contribution is 6.32. The van der Waals surface area contributed by atoms with Crippen molar-refractivity contribution in [1.82, 2.24) is 9.97 Å². The highest BCUT2D eigenvalue weighted by atomic mass is 35.5. The molecule has 0 spiro atoms. The molecule has 6 heteroatoms. The molecule has 3 unspecified atom stereocenters. The van der Waals surface area contributed by atoms with Gasteiger partial charge in [0.2, 0.25) is 5.95 Å². The van der Waals surface area contributed by atoms with Gasteiger partial charge in [0, 0.05) is 17.7 Å². The molecule has 3 N–H and O–H groups in total. The summed E-state index contributed by atoms with van der Waals surface area (Å²) in [7, 11) is 0. The Balaban J connectivity index is 1.60. The Morgan fingerprint density at radius 2 is 2.04 bits per heavy atom. The van der Waals surface area contributed by atoms with E-state index in [-0.39, 0.29) is 12.1 Å². The Kier molecular flexibility index (Phi) is 4.44. The fraction of sp³-hybridized carbons (Fsp3) is 0.368. The maximum atomic E-state index is 13.8. The van der Waals surface area contributed by atoms with Crippen molar-refractivity contribution in [2.24, 2.45) is 5.73 Å². The summed E-state index contributed by atoms with van der Waals surface area (Å²) in [6.45, 7) is 0. The number of anilines is 1. The standard InChI is InChI=1S/C19H20ClFN4/c20-17-10-23-19(24-14-8-12(21)7-13(22)9-14)25-18(17)16-6-5-11-3-1-2-4-15(11)16/h1-4,6,10,12-14H,5,7-9,22H2,(H,23,24,25).